The lowest BCUT2D eigenvalue weighted by Crippen LogP contribution is -2.39. The maximum Gasteiger partial charge on any atom is 0.341 e. The number of benzene rings is 2. The van der Waals surface area contributed by atoms with E-state index in [0.717, 1.165) is 42.6 Å². The third-order valence-corrected chi connectivity index (χ3v) is 6.63. The lowest BCUT2D eigenvalue weighted by Gasteiger charge is -2.24. The van der Waals surface area contributed by atoms with Gasteiger partial charge in [-0.3, -0.25) is 0 Å². The summed E-state index contributed by atoms with van der Waals surface area (Å²) < 4.78 is 45.1. The van der Waals surface area contributed by atoms with Crippen LogP contribution >= 0.6 is 11.7 Å². The van der Waals surface area contributed by atoms with Crippen LogP contribution in [0.5, 0.6) is 11.5 Å². The zero-order valence-corrected chi connectivity index (χ0v) is 15.2. The SMILES string of the molecule is O=S(=O)(Oc1ccc2c(c1)C1CCNCC1O2)c1cccc2nsnc12. The molecule has 2 unspecified atom stereocenters. The van der Waals surface area contributed by atoms with E-state index in [0.29, 0.717) is 11.0 Å². The molecule has 1 saturated heterocycles. The van der Waals surface area contributed by atoms with Crippen LogP contribution in [0.3, 0.4) is 0 Å². The summed E-state index contributed by atoms with van der Waals surface area (Å²) >= 11 is 0.976. The van der Waals surface area contributed by atoms with Gasteiger partial charge in [0.25, 0.3) is 0 Å². The maximum atomic E-state index is 12.8. The average molecular weight is 389 g/mol. The van der Waals surface area contributed by atoms with E-state index in [9.17, 15) is 8.42 Å². The molecule has 2 atom stereocenters. The summed E-state index contributed by atoms with van der Waals surface area (Å²) in [7, 11) is -4.01. The van der Waals surface area contributed by atoms with Crippen molar-refractivity contribution >= 4 is 32.9 Å². The Labute approximate surface area is 154 Å². The number of aromatic nitrogens is 2. The van der Waals surface area contributed by atoms with Crippen molar-refractivity contribution in [3.63, 3.8) is 0 Å². The molecule has 5 rings (SSSR count). The second kappa shape index (κ2) is 5.90. The zero-order valence-electron chi connectivity index (χ0n) is 13.6. The summed E-state index contributed by atoms with van der Waals surface area (Å²) in [5.74, 6) is 1.36. The molecule has 0 amide bonds. The quantitative estimate of drug-likeness (QED) is 0.687. The molecular formula is C17H15N3O4S2. The topological polar surface area (TPSA) is 90.4 Å². The highest BCUT2D eigenvalue weighted by molar-refractivity contribution is 7.87. The average Bonchev–Trinajstić information content (AvgIpc) is 3.25. The van der Waals surface area contributed by atoms with Crippen LogP contribution < -0.4 is 14.2 Å². The van der Waals surface area contributed by atoms with Gasteiger partial charge < -0.3 is 14.2 Å². The van der Waals surface area contributed by atoms with Crippen LogP contribution in [-0.2, 0) is 10.1 Å². The maximum absolute atomic E-state index is 12.8. The predicted octanol–water partition coefficient (Wildman–Crippen LogP) is 2.30. The summed E-state index contributed by atoms with van der Waals surface area (Å²) in [6, 6.07) is 10.0. The first kappa shape index (κ1) is 16.0. The second-order valence-electron chi connectivity index (χ2n) is 6.38. The van der Waals surface area contributed by atoms with E-state index >= 15 is 0 Å². The molecule has 3 heterocycles. The highest BCUT2D eigenvalue weighted by atomic mass is 32.2. The molecule has 7 nitrogen and oxygen atoms in total. The molecular weight excluding hydrogens is 374 g/mol. The Kier molecular flexibility index (Phi) is 3.63. The first-order chi connectivity index (χ1) is 12.6. The first-order valence-electron chi connectivity index (χ1n) is 8.29. The van der Waals surface area contributed by atoms with Crippen LogP contribution in [0, 0.1) is 0 Å². The molecule has 1 N–H and O–H groups in total. The lowest BCUT2D eigenvalue weighted by atomic mass is 9.90. The van der Waals surface area contributed by atoms with E-state index in [-0.39, 0.29) is 22.7 Å². The minimum atomic E-state index is -4.01. The van der Waals surface area contributed by atoms with Gasteiger partial charge in [0.2, 0.25) is 0 Å². The molecule has 26 heavy (non-hydrogen) atoms. The van der Waals surface area contributed by atoms with Crippen molar-refractivity contribution in [2.45, 2.75) is 23.3 Å². The number of nitrogens with zero attached hydrogens (tertiary/aromatic N) is 2. The molecule has 3 aromatic rings. The Bertz CT molecular complexity index is 1100. The van der Waals surface area contributed by atoms with Gasteiger partial charge in [0.1, 0.15) is 33.5 Å². The van der Waals surface area contributed by atoms with Crippen molar-refractivity contribution in [1.82, 2.24) is 14.1 Å². The Morgan fingerprint density at radius 1 is 1.23 bits per heavy atom. The van der Waals surface area contributed by atoms with Crippen molar-refractivity contribution < 1.29 is 17.3 Å². The van der Waals surface area contributed by atoms with Crippen molar-refractivity contribution in [2.24, 2.45) is 0 Å². The third kappa shape index (κ3) is 2.54. The minimum Gasteiger partial charge on any atom is -0.488 e. The molecule has 0 aliphatic carbocycles. The number of nitrogens with one attached hydrogen (secondary N) is 1. The highest BCUT2D eigenvalue weighted by Crippen LogP contribution is 2.43. The molecule has 9 heteroatoms. The number of fused-ring (bicyclic) bond motifs is 4. The van der Waals surface area contributed by atoms with Crippen molar-refractivity contribution in [1.29, 1.82) is 0 Å². The van der Waals surface area contributed by atoms with Gasteiger partial charge in [0.05, 0.1) is 11.7 Å². The normalized spacial score (nSPS) is 21.8. The van der Waals surface area contributed by atoms with E-state index < -0.39 is 10.1 Å². The first-order valence-corrected chi connectivity index (χ1v) is 10.4. The van der Waals surface area contributed by atoms with E-state index in [1.807, 2.05) is 0 Å². The molecule has 0 bridgehead atoms. The van der Waals surface area contributed by atoms with Gasteiger partial charge in [-0.05, 0) is 43.3 Å². The van der Waals surface area contributed by atoms with Crippen molar-refractivity contribution in [2.75, 3.05) is 13.1 Å². The molecule has 0 spiro atoms. The molecule has 1 aromatic heterocycles. The van der Waals surface area contributed by atoms with Crippen molar-refractivity contribution in [3.8, 4) is 11.5 Å². The van der Waals surface area contributed by atoms with Crippen LogP contribution in [0.2, 0.25) is 0 Å². The zero-order chi connectivity index (χ0) is 17.7. The van der Waals surface area contributed by atoms with E-state index in [2.05, 4.69) is 14.1 Å². The highest BCUT2D eigenvalue weighted by Gasteiger charge is 2.36. The molecule has 0 radical (unpaired) electrons. The molecule has 0 saturated carbocycles. The summed E-state index contributed by atoms with van der Waals surface area (Å²) in [6.07, 6.45) is 1.05. The largest absolute Gasteiger partial charge is 0.488 e. The molecule has 1 fully saturated rings. The Hall–Kier alpha value is -2.23. The van der Waals surface area contributed by atoms with Gasteiger partial charge in [-0.1, -0.05) is 6.07 Å². The summed E-state index contributed by atoms with van der Waals surface area (Å²) in [5.41, 5.74) is 1.89. The van der Waals surface area contributed by atoms with Gasteiger partial charge in [-0.25, -0.2) is 0 Å². The number of hydrogen-bond acceptors (Lipinski definition) is 8. The van der Waals surface area contributed by atoms with Gasteiger partial charge >= 0.3 is 10.1 Å². The molecule has 134 valence electrons. The standard InChI is InChI=1S/C17H15N3O4S2/c21-26(22,16-3-1-2-13-17(16)20-25-19-13)24-10-4-5-14-12(8-10)11-6-7-18-9-15(11)23-14/h1-5,8,11,15,18H,6-7,9H2. The summed E-state index contributed by atoms with van der Waals surface area (Å²) in [4.78, 5) is 0.0280. The summed E-state index contributed by atoms with van der Waals surface area (Å²) in [6.45, 7) is 1.72. The number of ether oxygens (including phenoxy) is 1. The Balaban J connectivity index is 1.49. The predicted molar refractivity (Wildman–Crippen MR) is 96.3 cm³/mol. The third-order valence-electron chi connectivity index (χ3n) is 4.81. The van der Waals surface area contributed by atoms with Gasteiger partial charge in [-0.2, -0.15) is 17.2 Å². The van der Waals surface area contributed by atoms with Crippen LogP contribution in [0.15, 0.2) is 41.3 Å². The molecule has 2 aromatic carbocycles. The van der Waals surface area contributed by atoms with E-state index in [1.54, 1.807) is 30.3 Å². The Morgan fingerprint density at radius 2 is 2.15 bits per heavy atom. The monoisotopic (exact) mass is 389 g/mol. The fourth-order valence-electron chi connectivity index (χ4n) is 3.60. The van der Waals surface area contributed by atoms with Gasteiger partial charge in [0, 0.05) is 18.0 Å². The van der Waals surface area contributed by atoms with Crippen LogP contribution in [0.25, 0.3) is 11.0 Å². The Morgan fingerprint density at radius 3 is 3.08 bits per heavy atom. The lowest BCUT2D eigenvalue weighted by molar-refractivity contribution is 0.177. The summed E-state index contributed by atoms with van der Waals surface area (Å²) in [5, 5.41) is 3.32. The fourth-order valence-corrected chi connectivity index (χ4v) is 5.29. The van der Waals surface area contributed by atoms with Crippen LogP contribution in [0.1, 0.15) is 17.9 Å². The number of hydrogen-bond donors (Lipinski definition) is 1. The van der Waals surface area contributed by atoms with E-state index in [4.69, 9.17) is 8.92 Å². The number of piperidine rings is 1. The van der Waals surface area contributed by atoms with Crippen LogP contribution in [-0.4, -0.2) is 36.4 Å². The molecule has 2 aliphatic heterocycles. The number of rotatable bonds is 3. The van der Waals surface area contributed by atoms with E-state index in [1.165, 1.54) is 6.07 Å². The van der Waals surface area contributed by atoms with Gasteiger partial charge in [0.15, 0.2) is 0 Å². The van der Waals surface area contributed by atoms with Gasteiger partial charge in [-0.15, -0.1) is 0 Å². The smallest absolute Gasteiger partial charge is 0.341 e. The molecule has 2 aliphatic rings. The minimum absolute atomic E-state index is 0.0280. The van der Waals surface area contributed by atoms with Crippen LogP contribution in [0.4, 0.5) is 0 Å². The second-order valence-corrected chi connectivity index (χ2v) is 8.42. The van der Waals surface area contributed by atoms with Crippen molar-refractivity contribution in [3.05, 3.63) is 42.0 Å². The fraction of sp³-hybridized carbons (Fsp3) is 0.294.